The number of sulfonamides is 1. The molecule has 1 saturated heterocycles. The van der Waals surface area contributed by atoms with Crippen LogP contribution in [0.2, 0.25) is 0 Å². The molecule has 28 heavy (non-hydrogen) atoms. The van der Waals surface area contributed by atoms with Crippen LogP contribution >= 0.6 is 0 Å². The van der Waals surface area contributed by atoms with Crippen molar-refractivity contribution >= 4 is 15.7 Å². The summed E-state index contributed by atoms with van der Waals surface area (Å²) in [5.74, 6) is -0.622. The van der Waals surface area contributed by atoms with Gasteiger partial charge < -0.3 is 4.74 Å². The zero-order valence-electron chi connectivity index (χ0n) is 14.4. The van der Waals surface area contributed by atoms with Gasteiger partial charge in [0, 0.05) is 18.3 Å². The Morgan fingerprint density at radius 2 is 1.96 bits per heavy atom. The number of rotatable bonds is 5. The van der Waals surface area contributed by atoms with Gasteiger partial charge in [-0.25, -0.2) is 13.4 Å². The SMILES string of the molecule is Cc1ccc([N+](=O)[O-])cc1S(=O)(=O)N1CC(Oc2ncccc2C(F)(F)F)C1. The van der Waals surface area contributed by atoms with E-state index in [2.05, 4.69) is 4.98 Å². The number of nitrogens with zero attached hydrogens (tertiary/aromatic N) is 3. The normalized spacial score (nSPS) is 15.9. The number of nitro groups is 1. The minimum Gasteiger partial charge on any atom is -0.471 e. The fourth-order valence-electron chi connectivity index (χ4n) is 2.65. The van der Waals surface area contributed by atoms with E-state index in [9.17, 15) is 31.7 Å². The zero-order valence-corrected chi connectivity index (χ0v) is 15.2. The molecule has 3 rings (SSSR count). The lowest BCUT2D eigenvalue weighted by Crippen LogP contribution is -2.56. The Kier molecular flexibility index (Phi) is 5.02. The summed E-state index contributed by atoms with van der Waals surface area (Å²) in [5, 5.41) is 10.9. The highest BCUT2D eigenvalue weighted by molar-refractivity contribution is 7.89. The van der Waals surface area contributed by atoms with E-state index in [-0.39, 0.29) is 23.7 Å². The average molecular weight is 417 g/mol. The minimum atomic E-state index is -4.65. The summed E-state index contributed by atoms with van der Waals surface area (Å²) in [4.78, 5) is 13.5. The number of pyridine rings is 1. The van der Waals surface area contributed by atoms with Crippen molar-refractivity contribution in [3.05, 3.63) is 57.8 Å². The second-order valence-corrected chi connectivity index (χ2v) is 8.03. The van der Waals surface area contributed by atoms with Crippen LogP contribution in [0.3, 0.4) is 0 Å². The first-order valence-corrected chi connectivity index (χ1v) is 9.38. The molecule has 0 radical (unpaired) electrons. The van der Waals surface area contributed by atoms with Crippen molar-refractivity contribution < 1.29 is 31.2 Å². The van der Waals surface area contributed by atoms with Crippen LogP contribution in [0.1, 0.15) is 11.1 Å². The predicted octanol–water partition coefficient (Wildman–Crippen LogP) is 2.77. The van der Waals surface area contributed by atoms with Gasteiger partial charge in [-0.1, -0.05) is 6.07 Å². The summed E-state index contributed by atoms with van der Waals surface area (Å²) in [6, 6.07) is 5.41. The second kappa shape index (κ2) is 7.02. The fourth-order valence-corrected chi connectivity index (χ4v) is 4.40. The van der Waals surface area contributed by atoms with Crippen LogP contribution in [0, 0.1) is 17.0 Å². The lowest BCUT2D eigenvalue weighted by molar-refractivity contribution is -0.385. The van der Waals surface area contributed by atoms with Crippen LogP contribution in [-0.2, 0) is 16.2 Å². The molecular weight excluding hydrogens is 403 g/mol. The maximum atomic E-state index is 13.0. The smallest absolute Gasteiger partial charge is 0.421 e. The van der Waals surface area contributed by atoms with E-state index in [1.54, 1.807) is 0 Å². The maximum Gasteiger partial charge on any atom is 0.421 e. The van der Waals surface area contributed by atoms with Gasteiger partial charge in [-0.05, 0) is 24.6 Å². The van der Waals surface area contributed by atoms with Crippen molar-refractivity contribution in [2.24, 2.45) is 0 Å². The molecule has 0 spiro atoms. The molecule has 0 bridgehead atoms. The summed E-state index contributed by atoms with van der Waals surface area (Å²) in [6.07, 6.45) is -4.33. The molecule has 1 aliphatic heterocycles. The number of hydrogen-bond acceptors (Lipinski definition) is 6. The van der Waals surface area contributed by atoms with Crippen LogP contribution in [0.4, 0.5) is 18.9 Å². The number of aryl methyl sites for hydroxylation is 1. The lowest BCUT2D eigenvalue weighted by atomic mass is 10.2. The van der Waals surface area contributed by atoms with Gasteiger partial charge >= 0.3 is 6.18 Å². The first-order valence-electron chi connectivity index (χ1n) is 7.94. The van der Waals surface area contributed by atoms with Crippen molar-refractivity contribution in [3.63, 3.8) is 0 Å². The first-order chi connectivity index (χ1) is 13.0. The Morgan fingerprint density at radius 1 is 1.29 bits per heavy atom. The highest BCUT2D eigenvalue weighted by Gasteiger charge is 2.41. The number of non-ortho nitro benzene ring substituents is 1. The molecule has 0 atom stereocenters. The molecule has 0 N–H and O–H groups in total. The number of halogens is 3. The molecule has 0 amide bonds. The van der Waals surface area contributed by atoms with Crippen molar-refractivity contribution in [2.45, 2.75) is 24.1 Å². The van der Waals surface area contributed by atoms with E-state index in [1.807, 2.05) is 0 Å². The molecule has 150 valence electrons. The molecule has 1 aromatic carbocycles. The third kappa shape index (κ3) is 3.78. The molecule has 0 aliphatic carbocycles. The quantitative estimate of drug-likeness (QED) is 0.548. The Bertz CT molecular complexity index is 1020. The van der Waals surface area contributed by atoms with Gasteiger partial charge in [0.15, 0.2) is 0 Å². The van der Waals surface area contributed by atoms with Gasteiger partial charge in [0.2, 0.25) is 15.9 Å². The van der Waals surface area contributed by atoms with E-state index >= 15 is 0 Å². The summed E-state index contributed by atoms with van der Waals surface area (Å²) in [5.41, 5.74) is -1.11. The standard InChI is InChI=1S/C16H14F3N3O5S/c1-10-4-5-11(22(23)24)7-14(10)28(25,26)21-8-12(9-21)27-15-13(16(17,18)19)3-2-6-20-15/h2-7,12H,8-9H2,1H3. The van der Waals surface area contributed by atoms with Gasteiger partial charge in [0.1, 0.15) is 11.7 Å². The topological polar surface area (TPSA) is 103 Å². The number of benzene rings is 1. The third-order valence-electron chi connectivity index (χ3n) is 4.17. The van der Waals surface area contributed by atoms with Crippen molar-refractivity contribution in [1.29, 1.82) is 0 Å². The number of hydrogen-bond donors (Lipinski definition) is 0. The minimum absolute atomic E-state index is 0.196. The largest absolute Gasteiger partial charge is 0.471 e. The molecule has 0 saturated carbocycles. The number of nitro benzene ring substituents is 1. The first kappa shape index (κ1) is 20.0. The van der Waals surface area contributed by atoms with Crippen LogP contribution in [0.15, 0.2) is 41.4 Å². The van der Waals surface area contributed by atoms with E-state index in [4.69, 9.17) is 4.74 Å². The van der Waals surface area contributed by atoms with Gasteiger partial charge in [-0.3, -0.25) is 10.1 Å². The van der Waals surface area contributed by atoms with E-state index < -0.39 is 38.7 Å². The zero-order chi connectivity index (χ0) is 20.7. The highest BCUT2D eigenvalue weighted by Crippen LogP contribution is 2.36. The Morgan fingerprint density at radius 3 is 2.57 bits per heavy atom. The molecule has 1 aromatic heterocycles. The van der Waals surface area contributed by atoms with Crippen molar-refractivity contribution in [1.82, 2.24) is 9.29 Å². The molecule has 8 nitrogen and oxygen atoms in total. The number of aromatic nitrogens is 1. The van der Waals surface area contributed by atoms with Gasteiger partial charge in [-0.15, -0.1) is 0 Å². The van der Waals surface area contributed by atoms with Crippen LogP contribution in [0.5, 0.6) is 5.88 Å². The average Bonchev–Trinajstić information content (AvgIpc) is 2.57. The predicted molar refractivity (Wildman–Crippen MR) is 90.2 cm³/mol. The number of ether oxygens (including phenoxy) is 1. The molecule has 1 fully saturated rings. The van der Waals surface area contributed by atoms with Gasteiger partial charge in [0.05, 0.1) is 22.9 Å². The summed E-state index contributed by atoms with van der Waals surface area (Å²) in [7, 11) is -4.05. The summed E-state index contributed by atoms with van der Waals surface area (Å²) >= 11 is 0. The Balaban J connectivity index is 1.75. The van der Waals surface area contributed by atoms with E-state index in [0.717, 1.165) is 28.7 Å². The summed E-state index contributed by atoms with van der Waals surface area (Å²) < 4.78 is 70.5. The monoisotopic (exact) mass is 417 g/mol. The molecule has 0 unspecified atom stereocenters. The Labute approximate surface area is 157 Å². The van der Waals surface area contributed by atoms with Crippen LogP contribution in [0.25, 0.3) is 0 Å². The van der Waals surface area contributed by atoms with Crippen molar-refractivity contribution in [2.75, 3.05) is 13.1 Å². The maximum absolute atomic E-state index is 13.0. The van der Waals surface area contributed by atoms with Crippen LogP contribution in [-0.4, -0.2) is 41.8 Å². The third-order valence-corrected chi connectivity index (χ3v) is 6.14. The van der Waals surface area contributed by atoms with Crippen LogP contribution < -0.4 is 4.74 Å². The summed E-state index contributed by atoms with van der Waals surface area (Å²) in [6.45, 7) is 1.10. The lowest BCUT2D eigenvalue weighted by Gasteiger charge is -2.38. The van der Waals surface area contributed by atoms with E-state index in [1.165, 1.54) is 19.1 Å². The van der Waals surface area contributed by atoms with E-state index in [0.29, 0.717) is 5.56 Å². The van der Waals surface area contributed by atoms with Crippen molar-refractivity contribution in [3.8, 4) is 5.88 Å². The molecule has 1 aliphatic rings. The van der Waals surface area contributed by atoms with Gasteiger partial charge in [0.25, 0.3) is 5.69 Å². The number of alkyl halides is 3. The highest BCUT2D eigenvalue weighted by atomic mass is 32.2. The molecule has 2 heterocycles. The fraction of sp³-hybridized carbons (Fsp3) is 0.312. The Hall–Kier alpha value is -2.73. The molecule has 2 aromatic rings. The molecular formula is C16H14F3N3O5S. The van der Waals surface area contributed by atoms with Gasteiger partial charge in [-0.2, -0.15) is 17.5 Å². The second-order valence-electron chi connectivity index (χ2n) is 6.12. The molecule has 12 heteroatoms.